The number of nitrogens with one attached hydrogen (secondary N) is 1. The van der Waals surface area contributed by atoms with Crippen molar-refractivity contribution in [2.45, 2.75) is 51.2 Å². The van der Waals surface area contributed by atoms with Gasteiger partial charge in [0.05, 0.1) is 23.9 Å². The molecule has 0 saturated carbocycles. The van der Waals surface area contributed by atoms with Crippen molar-refractivity contribution in [1.82, 2.24) is 15.1 Å². The predicted octanol–water partition coefficient (Wildman–Crippen LogP) is 2.55. The van der Waals surface area contributed by atoms with Crippen molar-refractivity contribution in [3.63, 3.8) is 0 Å². The van der Waals surface area contributed by atoms with Gasteiger partial charge < -0.3 is 4.90 Å². The smallest absolute Gasteiger partial charge is 0.244 e. The van der Waals surface area contributed by atoms with E-state index in [0.29, 0.717) is 12.1 Å². The van der Waals surface area contributed by atoms with Gasteiger partial charge in [0.2, 0.25) is 5.91 Å². The van der Waals surface area contributed by atoms with Crippen LogP contribution in [0.15, 0.2) is 30.5 Å². The Morgan fingerprint density at radius 3 is 2.81 bits per heavy atom. The quantitative estimate of drug-likeness (QED) is 0.920. The molecule has 1 aliphatic carbocycles. The van der Waals surface area contributed by atoms with Crippen molar-refractivity contribution in [3.8, 4) is 6.07 Å². The number of aryl methyl sites for hydroxylation is 1. The molecule has 2 aliphatic rings. The Morgan fingerprint density at radius 2 is 2.08 bits per heavy atom. The number of carbonyl (C=O) groups excluding carboxylic acids is 1. The third-order valence-electron chi connectivity index (χ3n) is 5.48. The lowest BCUT2D eigenvalue weighted by Crippen LogP contribution is -2.41. The molecule has 1 N–H and O–H groups in total. The molecule has 0 spiro atoms. The standard InChI is InChI=1S/C20H23N5O/c1-2-25-19-5-3-4-17(16(19)13-22-25)23-18-10-11-24(20(18)26)15-8-6-14(12-21)7-9-15/h6-9,13,17-18,23H,2-5,10-11H2,1H3/t17-,18-/m0/s1. The maximum Gasteiger partial charge on any atom is 0.244 e. The first kappa shape index (κ1) is 16.8. The Hall–Kier alpha value is -2.65. The highest BCUT2D eigenvalue weighted by Gasteiger charge is 2.35. The first-order chi connectivity index (χ1) is 12.7. The highest BCUT2D eigenvalue weighted by molar-refractivity contribution is 5.99. The zero-order valence-corrected chi connectivity index (χ0v) is 15.0. The second kappa shape index (κ2) is 6.93. The first-order valence-electron chi connectivity index (χ1n) is 9.33. The summed E-state index contributed by atoms with van der Waals surface area (Å²) in [7, 11) is 0. The van der Waals surface area contributed by atoms with Gasteiger partial charge in [-0.3, -0.25) is 14.8 Å². The minimum absolute atomic E-state index is 0.115. The van der Waals surface area contributed by atoms with Crippen LogP contribution in [0.1, 0.15) is 49.0 Å². The Morgan fingerprint density at radius 1 is 1.27 bits per heavy atom. The molecule has 134 valence electrons. The lowest BCUT2D eigenvalue weighted by molar-refractivity contribution is -0.119. The fraction of sp³-hybridized carbons (Fsp3) is 0.450. The first-order valence-corrected chi connectivity index (χ1v) is 9.33. The van der Waals surface area contributed by atoms with Crippen LogP contribution in [0.5, 0.6) is 0 Å². The van der Waals surface area contributed by atoms with Crippen molar-refractivity contribution < 1.29 is 4.79 Å². The fourth-order valence-electron chi connectivity index (χ4n) is 4.11. The van der Waals surface area contributed by atoms with Gasteiger partial charge in [0.15, 0.2) is 0 Å². The summed E-state index contributed by atoms with van der Waals surface area (Å²) in [5.74, 6) is 0.115. The zero-order valence-electron chi connectivity index (χ0n) is 15.0. The van der Waals surface area contributed by atoms with Gasteiger partial charge in [0.25, 0.3) is 0 Å². The number of rotatable bonds is 4. The van der Waals surface area contributed by atoms with Crippen LogP contribution in [0.3, 0.4) is 0 Å². The molecule has 0 radical (unpaired) electrons. The van der Waals surface area contributed by atoms with Crippen LogP contribution in [0.4, 0.5) is 5.69 Å². The van der Waals surface area contributed by atoms with E-state index in [4.69, 9.17) is 5.26 Å². The average Bonchev–Trinajstić information content (AvgIpc) is 3.26. The van der Waals surface area contributed by atoms with Gasteiger partial charge in [-0.2, -0.15) is 10.4 Å². The molecule has 1 aromatic heterocycles. The number of hydrogen-bond acceptors (Lipinski definition) is 4. The monoisotopic (exact) mass is 349 g/mol. The van der Waals surface area contributed by atoms with Gasteiger partial charge in [0, 0.05) is 36.1 Å². The molecule has 0 bridgehead atoms. The van der Waals surface area contributed by atoms with Crippen LogP contribution in [0.2, 0.25) is 0 Å². The van der Waals surface area contributed by atoms with Crippen molar-refractivity contribution in [2.24, 2.45) is 0 Å². The summed E-state index contributed by atoms with van der Waals surface area (Å²) < 4.78 is 2.07. The number of carbonyl (C=O) groups is 1. The Bertz CT molecular complexity index is 848. The largest absolute Gasteiger partial charge is 0.311 e. The number of nitriles is 1. The minimum atomic E-state index is -0.161. The number of fused-ring (bicyclic) bond motifs is 1. The number of nitrogens with zero attached hydrogens (tertiary/aromatic N) is 4. The minimum Gasteiger partial charge on any atom is -0.311 e. The number of anilines is 1. The lowest BCUT2D eigenvalue weighted by atomic mass is 9.92. The molecule has 6 nitrogen and oxygen atoms in total. The summed E-state index contributed by atoms with van der Waals surface area (Å²) >= 11 is 0. The molecule has 0 unspecified atom stereocenters. The number of hydrogen-bond donors (Lipinski definition) is 1. The van der Waals surface area contributed by atoms with Gasteiger partial charge in [-0.15, -0.1) is 0 Å². The molecule has 1 saturated heterocycles. The highest BCUT2D eigenvalue weighted by atomic mass is 16.2. The molecule has 2 atom stereocenters. The molecular formula is C20H23N5O. The second-order valence-electron chi connectivity index (χ2n) is 6.96. The van der Waals surface area contributed by atoms with E-state index in [9.17, 15) is 4.79 Å². The molecule has 6 heteroatoms. The van der Waals surface area contributed by atoms with Gasteiger partial charge in [-0.1, -0.05) is 0 Å². The van der Waals surface area contributed by atoms with E-state index in [-0.39, 0.29) is 18.0 Å². The SMILES string of the molecule is CCn1ncc2c1CCC[C@@H]2N[C@H]1CCN(c2ccc(C#N)cc2)C1=O. The molecule has 1 aromatic carbocycles. The van der Waals surface area contributed by atoms with Crippen molar-refractivity contribution in [3.05, 3.63) is 47.3 Å². The maximum atomic E-state index is 12.9. The molecule has 4 rings (SSSR count). The summed E-state index contributed by atoms with van der Waals surface area (Å²) in [5, 5.41) is 17.0. The third kappa shape index (κ3) is 2.89. The van der Waals surface area contributed by atoms with Crippen LogP contribution in [0.25, 0.3) is 0 Å². The van der Waals surface area contributed by atoms with E-state index in [1.54, 1.807) is 12.1 Å². The second-order valence-corrected chi connectivity index (χ2v) is 6.96. The summed E-state index contributed by atoms with van der Waals surface area (Å²) in [6.07, 6.45) is 6.00. The fourth-order valence-corrected chi connectivity index (χ4v) is 4.11. The normalized spacial score (nSPS) is 22.3. The summed E-state index contributed by atoms with van der Waals surface area (Å²) in [6.45, 7) is 3.70. The van der Waals surface area contributed by atoms with Crippen LogP contribution >= 0.6 is 0 Å². The Kier molecular flexibility index (Phi) is 4.48. The van der Waals surface area contributed by atoms with Crippen molar-refractivity contribution in [2.75, 3.05) is 11.4 Å². The molecular weight excluding hydrogens is 326 g/mol. The maximum absolute atomic E-state index is 12.9. The summed E-state index contributed by atoms with van der Waals surface area (Å²) in [5.41, 5.74) is 4.03. The van der Waals surface area contributed by atoms with Gasteiger partial charge in [0.1, 0.15) is 0 Å². The summed E-state index contributed by atoms with van der Waals surface area (Å²) in [4.78, 5) is 14.7. The lowest BCUT2D eigenvalue weighted by Gasteiger charge is -2.27. The molecule has 2 aromatic rings. The van der Waals surface area contributed by atoms with E-state index < -0.39 is 0 Å². The Balaban J connectivity index is 1.48. The van der Waals surface area contributed by atoms with E-state index in [2.05, 4.69) is 28.1 Å². The van der Waals surface area contributed by atoms with E-state index in [1.807, 2.05) is 23.2 Å². The molecule has 1 aliphatic heterocycles. The molecule has 26 heavy (non-hydrogen) atoms. The van der Waals surface area contributed by atoms with E-state index in [1.165, 1.54) is 11.3 Å². The number of aromatic nitrogens is 2. The van der Waals surface area contributed by atoms with Crippen LogP contribution < -0.4 is 10.2 Å². The topological polar surface area (TPSA) is 74.0 Å². The van der Waals surface area contributed by atoms with Crippen molar-refractivity contribution in [1.29, 1.82) is 5.26 Å². The predicted molar refractivity (Wildman–Crippen MR) is 98.6 cm³/mol. The van der Waals surface area contributed by atoms with Crippen LogP contribution in [-0.2, 0) is 17.8 Å². The number of benzene rings is 1. The Labute approximate surface area is 153 Å². The van der Waals surface area contributed by atoms with E-state index >= 15 is 0 Å². The number of amides is 1. The van der Waals surface area contributed by atoms with E-state index in [0.717, 1.165) is 37.9 Å². The van der Waals surface area contributed by atoms with Gasteiger partial charge in [-0.25, -0.2) is 0 Å². The highest BCUT2D eigenvalue weighted by Crippen LogP contribution is 2.31. The van der Waals surface area contributed by atoms with Gasteiger partial charge >= 0.3 is 0 Å². The molecule has 1 fully saturated rings. The van der Waals surface area contributed by atoms with Gasteiger partial charge in [-0.05, 0) is 56.9 Å². The molecule has 2 heterocycles. The van der Waals surface area contributed by atoms with Crippen LogP contribution in [0, 0.1) is 11.3 Å². The zero-order chi connectivity index (χ0) is 18.1. The summed E-state index contributed by atoms with van der Waals surface area (Å²) in [6, 6.07) is 9.37. The average molecular weight is 349 g/mol. The third-order valence-corrected chi connectivity index (χ3v) is 5.48. The molecule has 1 amide bonds. The van der Waals surface area contributed by atoms with Crippen molar-refractivity contribution >= 4 is 11.6 Å². The van der Waals surface area contributed by atoms with Crippen LogP contribution in [-0.4, -0.2) is 28.3 Å².